The molecule has 97 heavy (non-hydrogen) atoms. The van der Waals surface area contributed by atoms with E-state index in [-0.39, 0.29) is 26.1 Å². The molecule has 0 saturated carbocycles. The van der Waals surface area contributed by atoms with Crippen LogP contribution in [-0.2, 0) is 173 Å². The van der Waals surface area contributed by atoms with Crippen molar-refractivity contribution in [2.45, 2.75) is 238 Å². The van der Waals surface area contributed by atoms with Crippen LogP contribution in [0, 0.1) is 0 Å². The predicted molar refractivity (Wildman–Crippen MR) is 312 cm³/mol. The highest BCUT2D eigenvalue weighted by atomic mass is 16.8. The fraction of sp³-hybridized carbons (Fsp3) is 0.694. The maximum atomic E-state index is 13.7. The van der Waals surface area contributed by atoms with E-state index in [1.165, 1.54) is 7.11 Å². The molecule has 0 radical (unpaired) electrons. The van der Waals surface area contributed by atoms with Crippen LogP contribution in [0.25, 0.3) is 0 Å². The van der Waals surface area contributed by atoms with Crippen LogP contribution in [0.2, 0.25) is 0 Å². The summed E-state index contributed by atoms with van der Waals surface area (Å²) < 4.78 is 132. The molecule has 5 rings (SSSR count). The van der Waals surface area contributed by atoms with Gasteiger partial charge in [-0.3, -0.25) is 62.3 Å². The van der Waals surface area contributed by atoms with Crippen molar-refractivity contribution in [3.8, 4) is 0 Å². The molecule has 0 amide bonds. The Kier molecular flexibility index (Phi) is 31.9. The van der Waals surface area contributed by atoms with Gasteiger partial charge < -0.3 is 104 Å². The maximum absolute atomic E-state index is 13.7. The normalized spacial score (nSPS) is 29.9. The van der Waals surface area contributed by atoms with Crippen molar-refractivity contribution in [2.24, 2.45) is 0 Å². The molecule has 35 heteroatoms. The van der Waals surface area contributed by atoms with Crippen molar-refractivity contribution < 1.29 is 167 Å². The zero-order chi connectivity index (χ0) is 71.8. The Bertz CT molecular complexity index is 2860. The van der Waals surface area contributed by atoms with E-state index in [0.717, 1.165) is 83.1 Å². The van der Waals surface area contributed by atoms with Crippen LogP contribution in [0.5, 0.6) is 0 Å². The summed E-state index contributed by atoms with van der Waals surface area (Å²) in [4.78, 5) is 168. The smallest absolute Gasteiger partial charge is 0.305 e. The lowest BCUT2D eigenvalue weighted by molar-refractivity contribution is -0.407. The van der Waals surface area contributed by atoms with Crippen molar-refractivity contribution in [1.29, 1.82) is 0 Å². The largest absolute Gasteiger partial charge is 0.469 e. The van der Waals surface area contributed by atoms with Crippen molar-refractivity contribution in [3.63, 3.8) is 0 Å². The molecule has 0 N–H and O–H groups in total. The first kappa shape index (κ1) is 79.7. The van der Waals surface area contributed by atoms with E-state index in [2.05, 4.69) is 0 Å². The second-order valence-electron chi connectivity index (χ2n) is 22.3. The highest BCUT2D eigenvalue weighted by molar-refractivity contribution is 5.71. The molecule has 4 aliphatic rings. The Morgan fingerprint density at radius 1 is 0.320 bits per heavy atom. The number of unbranched alkanes of at least 4 members (excludes halogenated alkanes) is 2. The third kappa shape index (κ3) is 25.4. The third-order valence-corrected chi connectivity index (χ3v) is 14.3. The minimum Gasteiger partial charge on any atom is -0.469 e. The van der Waals surface area contributed by atoms with Gasteiger partial charge in [0.15, 0.2) is 92.3 Å². The van der Waals surface area contributed by atoms with E-state index in [1.807, 2.05) is 0 Å². The first-order valence-corrected chi connectivity index (χ1v) is 30.7. The summed E-state index contributed by atoms with van der Waals surface area (Å²) in [6.45, 7) is 8.21. The molecular formula is C62H84O35. The van der Waals surface area contributed by atoms with E-state index >= 15 is 0 Å². The molecule has 542 valence electrons. The molecule has 0 bridgehead atoms. The molecule has 0 spiro atoms. The summed E-state index contributed by atoms with van der Waals surface area (Å²) in [6, 6.07) is 8.33. The van der Waals surface area contributed by atoms with Crippen molar-refractivity contribution in [1.82, 2.24) is 0 Å². The summed E-state index contributed by atoms with van der Waals surface area (Å²) in [5.74, 6) is -12.4. The fourth-order valence-corrected chi connectivity index (χ4v) is 10.6. The number of hydrogen-bond acceptors (Lipinski definition) is 35. The lowest BCUT2D eigenvalue weighted by atomic mass is 9.95. The van der Waals surface area contributed by atoms with Crippen LogP contribution in [0.15, 0.2) is 30.3 Å². The number of ether oxygens (including phenoxy) is 22. The quantitative estimate of drug-likeness (QED) is 0.0553. The Balaban J connectivity index is 1.86. The number of carbonyl (C=O) groups is 13. The van der Waals surface area contributed by atoms with Gasteiger partial charge in [0, 0.05) is 96.1 Å². The third-order valence-electron chi connectivity index (χ3n) is 14.3. The van der Waals surface area contributed by atoms with Gasteiger partial charge >= 0.3 is 77.6 Å². The average Bonchev–Trinajstić information content (AvgIpc) is 0.761. The molecule has 1 aromatic carbocycles. The van der Waals surface area contributed by atoms with Crippen LogP contribution >= 0.6 is 0 Å². The molecule has 4 fully saturated rings. The topological polar surface area (TPSA) is 425 Å². The van der Waals surface area contributed by atoms with E-state index in [9.17, 15) is 62.3 Å². The van der Waals surface area contributed by atoms with Crippen molar-refractivity contribution in [3.05, 3.63) is 35.9 Å². The molecule has 4 aliphatic heterocycles. The minimum absolute atomic E-state index is 0.0311. The second-order valence-corrected chi connectivity index (χ2v) is 22.3. The van der Waals surface area contributed by atoms with Gasteiger partial charge in [-0.1, -0.05) is 36.8 Å². The Morgan fingerprint density at radius 2 is 0.608 bits per heavy atom. The summed E-state index contributed by atoms with van der Waals surface area (Å²) in [5, 5.41) is 0. The molecule has 4 saturated heterocycles. The van der Waals surface area contributed by atoms with E-state index < -0.39 is 227 Å². The predicted octanol–water partition coefficient (Wildman–Crippen LogP) is 1.08. The first-order valence-electron chi connectivity index (χ1n) is 30.7. The van der Waals surface area contributed by atoms with Crippen molar-refractivity contribution in [2.75, 3.05) is 40.1 Å². The maximum Gasteiger partial charge on any atom is 0.305 e. The highest BCUT2D eigenvalue weighted by Gasteiger charge is 2.62. The lowest BCUT2D eigenvalue weighted by Crippen LogP contribution is -2.70. The van der Waals surface area contributed by atoms with Gasteiger partial charge in [-0.05, 0) is 18.4 Å². The number of hydrogen-bond donors (Lipinski definition) is 0. The summed E-state index contributed by atoms with van der Waals surface area (Å²) in [6.07, 6.45) is -37.6. The zero-order valence-corrected chi connectivity index (χ0v) is 55.8. The number of methoxy groups -OCH3 is 1. The fourth-order valence-electron chi connectivity index (χ4n) is 10.6. The van der Waals surface area contributed by atoms with Crippen LogP contribution in [0.1, 0.15) is 114 Å². The first-order chi connectivity index (χ1) is 45.8. The molecule has 4 heterocycles. The van der Waals surface area contributed by atoms with Gasteiger partial charge in [0.2, 0.25) is 0 Å². The molecular weight excluding hydrogens is 1300 g/mol. The molecule has 20 atom stereocenters. The molecule has 35 nitrogen and oxygen atoms in total. The number of esters is 13. The number of benzene rings is 1. The van der Waals surface area contributed by atoms with Crippen LogP contribution < -0.4 is 0 Å². The SMILES string of the molecule is COC(=O)CCCCCO[C@H]1O[C@H](COC(C)=O)[C@@H](OC(C)=O)[C@H](OC(C)=O)[C@H]1O[C@H]1O[C@H](COC(C)=O)[C@@H](OC(C)=O)[C@H](OC(C)=O)[C@H]1O[C@H]1O[C@H](COC(C)=O)[C@@H](OC(C)=O)[C@H](OC(C)=O)[C@H]1O[C@H]1O[C@H](COC(C)=O)[C@@H](OC(C)=O)[C@H](OC(C)=O)[C@H]1OCc1ccccc1. The summed E-state index contributed by atoms with van der Waals surface area (Å²) in [5.41, 5.74) is 0.494. The Labute approximate surface area is 556 Å². The minimum atomic E-state index is -2.33. The monoisotopic (exact) mass is 1390 g/mol. The van der Waals surface area contributed by atoms with Gasteiger partial charge in [-0.15, -0.1) is 0 Å². The Hall–Kier alpha value is -8.03. The van der Waals surface area contributed by atoms with E-state index in [0.29, 0.717) is 18.4 Å². The number of carbonyl (C=O) groups excluding carboxylic acids is 13. The van der Waals surface area contributed by atoms with Gasteiger partial charge in [-0.25, -0.2) is 0 Å². The van der Waals surface area contributed by atoms with Crippen LogP contribution in [0.3, 0.4) is 0 Å². The van der Waals surface area contributed by atoms with Gasteiger partial charge in [0.1, 0.15) is 56.9 Å². The zero-order valence-electron chi connectivity index (χ0n) is 55.8. The molecule has 0 unspecified atom stereocenters. The Morgan fingerprint density at radius 3 is 0.918 bits per heavy atom. The lowest BCUT2D eigenvalue weighted by Gasteiger charge is -2.51. The van der Waals surface area contributed by atoms with Crippen LogP contribution in [-0.4, -0.2) is 241 Å². The van der Waals surface area contributed by atoms with Crippen molar-refractivity contribution >= 4 is 77.6 Å². The van der Waals surface area contributed by atoms with E-state index in [4.69, 9.17) is 104 Å². The second kappa shape index (κ2) is 38.8. The summed E-state index contributed by atoms with van der Waals surface area (Å²) in [7, 11) is 1.22. The summed E-state index contributed by atoms with van der Waals surface area (Å²) >= 11 is 0. The molecule has 0 aromatic heterocycles. The van der Waals surface area contributed by atoms with Crippen LogP contribution in [0.4, 0.5) is 0 Å². The average molecular weight is 1390 g/mol. The van der Waals surface area contributed by atoms with Gasteiger partial charge in [0.05, 0.1) is 13.7 Å². The van der Waals surface area contributed by atoms with Gasteiger partial charge in [0.25, 0.3) is 0 Å². The van der Waals surface area contributed by atoms with Gasteiger partial charge in [-0.2, -0.15) is 0 Å². The highest BCUT2D eigenvalue weighted by Crippen LogP contribution is 2.41. The number of rotatable bonds is 32. The molecule has 0 aliphatic carbocycles. The standard InChI is InChI=1S/C62H84O35/c1-29(63)78-25-42-48(84-34(6)68)52(88-38(10)72)56(59(91-42)77-23-19-15-18-22-46(75)76-13)95-61-58(54(90-40(12)74)50(86-36(8)70)44(93-61)27-80-31(3)65)97-62-57(53(89-39(11)73)49(85-35(7)69)45(94-62)28-81-32(4)66)96-60-55(82-24-41-20-16-14-17-21-41)51(87-37(9)71)47(83-33(5)67)43(92-60)26-79-30(2)64/h14,16-17,20-21,42-45,47-62H,15,18-19,22-28H2,1-13H3/t42-,43-,44-,45-,47-,48-,49-,50-,51+,52+,53+,54+,55-,56-,57-,58-,59+,60-,61-,62-/m1/s1. The van der Waals surface area contributed by atoms with E-state index in [1.54, 1.807) is 30.3 Å². The molecule has 1 aromatic rings.